The number of benzene rings is 1. The molecule has 168 valence electrons. The van der Waals surface area contributed by atoms with Crippen LogP contribution in [0.3, 0.4) is 0 Å². The monoisotopic (exact) mass is 421 g/mol. The molecule has 1 rings (SSSR count). The summed E-state index contributed by atoms with van der Waals surface area (Å²) < 4.78 is 16.2. The zero-order chi connectivity index (χ0) is 23.3. The Bertz CT molecular complexity index is 719. The number of carbonyl (C=O) groups is 3. The molecule has 30 heavy (non-hydrogen) atoms. The molecule has 7 heteroatoms. The molecule has 0 heterocycles. The zero-order valence-corrected chi connectivity index (χ0v) is 19.6. The lowest BCUT2D eigenvalue weighted by atomic mass is 9.80. The van der Waals surface area contributed by atoms with Crippen LogP contribution in [0.2, 0.25) is 0 Å². The Balaban J connectivity index is 3.63. The normalized spacial score (nSPS) is 14.8. The van der Waals surface area contributed by atoms with Crippen molar-refractivity contribution in [3.63, 3.8) is 0 Å². The van der Waals surface area contributed by atoms with Gasteiger partial charge >= 0.3 is 18.2 Å². The minimum atomic E-state index is -1.71. The predicted molar refractivity (Wildman–Crippen MR) is 114 cm³/mol. The third-order valence-electron chi connectivity index (χ3n) is 4.45. The van der Waals surface area contributed by atoms with Crippen LogP contribution in [-0.4, -0.2) is 46.4 Å². The van der Waals surface area contributed by atoms with Crippen LogP contribution in [0, 0.1) is 0 Å². The lowest BCUT2D eigenvalue weighted by molar-refractivity contribution is -0.157. The van der Waals surface area contributed by atoms with Crippen LogP contribution in [0.1, 0.15) is 73.8 Å². The minimum Gasteiger partial charge on any atom is -0.464 e. The van der Waals surface area contributed by atoms with Gasteiger partial charge in [-0.3, -0.25) is 0 Å². The van der Waals surface area contributed by atoms with Gasteiger partial charge in [0.2, 0.25) is 0 Å². The lowest BCUT2D eigenvalue weighted by Gasteiger charge is -2.42. The third kappa shape index (κ3) is 6.47. The largest absolute Gasteiger partial charge is 0.464 e. The highest BCUT2D eigenvalue weighted by atomic mass is 16.6. The van der Waals surface area contributed by atoms with Crippen molar-refractivity contribution in [3.05, 3.63) is 35.9 Å². The average molecular weight is 422 g/mol. The maximum atomic E-state index is 13.2. The van der Waals surface area contributed by atoms with Crippen LogP contribution in [0.4, 0.5) is 9.59 Å². The van der Waals surface area contributed by atoms with E-state index in [1.54, 1.807) is 55.4 Å². The highest BCUT2D eigenvalue weighted by Crippen LogP contribution is 2.36. The first-order chi connectivity index (χ1) is 13.6. The highest BCUT2D eigenvalue weighted by molar-refractivity contribution is 5.97. The highest BCUT2D eigenvalue weighted by Gasteiger charge is 2.54. The molecule has 0 unspecified atom stereocenters. The maximum absolute atomic E-state index is 13.2. The molecule has 0 radical (unpaired) electrons. The second kappa shape index (κ2) is 9.49. The molecule has 0 spiro atoms. The van der Waals surface area contributed by atoms with Crippen LogP contribution < -0.4 is 0 Å². The van der Waals surface area contributed by atoms with E-state index in [0.29, 0.717) is 0 Å². The van der Waals surface area contributed by atoms with Gasteiger partial charge in [0.05, 0.1) is 6.61 Å². The fourth-order valence-electron chi connectivity index (χ4n) is 2.87. The van der Waals surface area contributed by atoms with Gasteiger partial charge in [0.15, 0.2) is 5.54 Å². The lowest BCUT2D eigenvalue weighted by Crippen LogP contribution is -2.62. The van der Waals surface area contributed by atoms with Crippen molar-refractivity contribution < 1.29 is 28.6 Å². The van der Waals surface area contributed by atoms with Gasteiger partial charge in [-0.1, -0.05) is 37.3 Å². The van der Waals surface area contributed by atoms with Crippen molar-refractivity contribution in [3.8, 4) is 0 Å². The summed E-state index contributed by atoms with van der Waals surface area (Å²) in [6.07, 6.45) is -1.95. The first-order valence-electron chi connectivity index (χ1n) is 10.1. The Kier molecular flexibility index (Phi) is 8.06. The van der Waals surface area contributed by atoms with E-state index in [4.69, 9.17) is 14.2 Å². The molecule has 0 saturated carbocycles. The van der Waals surface area contributed by atoms with Crippen molar-refractivity contribution in [2.45, 2.75) is 85.0 Å². The number of imide groups is 1. The van der Waals surface area contributed by atoms with Crippen LogP contribution >= 0.6 is 0 Å². The van der Waals surface area contributed by atoms with E-state index in [0.717, 1.165) is 10.5 Å². The van der Waals surface area contributed by atoms with E-state index < -0.39 is 40.8 Å². The summed E-state index contributed by atoms with van der Waals surface area (Å²) in [5.74, 6) is -1.32. The van der Waals surface area contributed by atoms with Crippen LogP contribution in [-0.2, 0) is 19.0 Å². The number of hydrogen-bond donors (Lipinski definition) is 0. The second-order valence-corrected chi connectivity index (χ2v) is 9.30. The molecule has 0 aromatic heterocycles. The van der Waals surface area contributed by atoms with Crippen molar-refractivity contribution in [1.29, 1.82) is 0 Å². The topological polar surface area (TPSA) is 82.1 Å². The van der Waals surface area contributed by atoms with Gasteiger partial charge in [-0.25, -0.2) is 14.4 Å². The smallest absolute Gasteiger partial charge is 0.420 e. The van der Waals surface area contributed by atoms with Gasteiger partial charge in [-0.05, 0) is 61.0 Å². The molecule has 0 aliphatic rings. The SMILES string of the molecule is CCOC(=O)[C@](C)([C@H](C)c1ccccc1)N(C(=O)OC(C)(C)C)C(=O)OC(C)(C)C. The van der Waals surface area contributed by atoms with E-state index >= 15 is 0 Å². The van der Waals surface area contributed by atoms with Gasteiger partial charge in [-0.15, -0.1) is 0 Å². The van der Waals surface area contributed by atoms with Gasteiger partial charge in [0.1, 0.15) is 11.2 Å². The number of amides is 2. The van der Waals surface area contributed by atoms with E-state index in [9.17, 15) is 14.4 Å². The Morgan fingerprint density at radius 1 is 0.867 bits per heavy atom. The maximum Gasteiger partial charge on any atom is 0.420 e. The molecule has 1 aromatic carbocycles. The van der Waals surface area contributed by atoms with Crippen molar-refractivity contribution in [2.24, 2.45) is 0 Å². The number of nitrogens with zero attached hydrogens (tertiary/aromatic N) is 1. The van der Waals surface area contributed by atoms with Crippen molar-refractivity contribution in [2.75, 3.05) is 6.61 Å². The molecular formula is C23H35NO6. The summed E-state index contributed by atoms with van der Waals surface area (Å²) in [5.41, 5.74) is -2.72. The van der Waals surface area contributed by atoms with Crippen LogP contribution in [0.15, 0.2) is 30.3 Å². The standard InChI is InChI=1S/C23H35NO6/c1-10-28-18(25)23(9,16(2)17-14-12-11-13-15-17)24(19(26)29-21(3,4)5)20(27)30-22(6,7)8/h11-16H,10H2,1-9H3/t16-,23+/m1/s1. The first-order valence-corrected chi connectivity index (χ1v) is 10.1. The molecule has 2 amide bonds. The molecule has 0 bridgehead atoms. The zero-order valence-electron chi connectivity index (χ0n) is 19.6. The number of rotatable bonds is 5. The fraction of sp³-hybridized carbons (Fsp3) is 0.609. The van der Waals surface area contributed by atoms with Crippen molar-refractivity contribution in [1.82, 2.24) is 4.90 Å². The number of esters is 1. The minimum absolute atomic E-state index is 0.0897. The van der Waals surface area contributed by atoms with Crippen LogP contribution in [0.25, 0.3) is 0 Å². The summed E-state index contributed by atoms with van der Waals surface area (Å²) in [6, 6.07) is 9.14. The Hall–Kier alpha value is -2.57. The van der Waals surface area contributed by atoms with E-state index in [1.165, 1.54) is 6.92 Å². The average Bonchev–Trinajstić information content (AvgIpc) is 2.58. The summed E-state index contributed by atoms with van der Waals surface area (Å²) in [6.45, 7) is 15.1. The van der Waals surface area contributed by atoms with Crippen molar-refractivity contribution >= 4 is 18.2 Å². The predicted octanol–water partition coefficient (Wildman–Crippen LogP) is 5.28. The Morgan fingerprint density at radius 2 is 1.30 bits per heavy atom. The quantitative estimate of drug-likeness (QED) is 0.475. The second-order valence-electron chi connectivity index (χ2n) is 9.30. The van der Waals surface area contributed by atoms with E-state index in [-0.39, 0.29) is 6.61 Å². The fourth-order valence-corrected chi connectivity index (χ4v) is 2.87. The summed E-state index contributed by atoms with van der Waals surface area (Å²) in [5, 5.41) is 0. The van der Waals surface area contributed by atoms with Gasteiger partial charge in [0, 0.05) is 5.92 Å². The molecule has 0 saturated heterocycles. The Labute approximate surface area is 179 Å². The molecule has 0 aliphatic heterocycles. The number of ether oxygens (including phenoxy) is 3. The molecule has 0 N–H and O–H groups in total. The third-order valence-corrected chi connectivity index (χ3v) is 4.45. The molecule has 0 fully saturated rings. The van der Waals surface area contributed by atoms with Gasteiger partial charge < -0.3 is 14.2 Å². The van der Waals surface area contributed by atoms with Crippen LogP contribution in [0.5, 0.6) is 0 Å². The molecule has 2 atom stereocenters. The van der Waals surface area contributed by atoms with E-state index in [1.807, 2.05) is 30.3 Å². The van der Waals surface area contributed by atoms with Gasteiger partial charge in [0.25, 0.3) is 0 Å². The molecular weight excluding hydrogens is 386 g/mol. The molecule has 0 aliphatic carbocycles. The van der Waals surface area contributed by atoms with E-state index in [2.05, 4.69) is 0 Å². The first kappa shape index (κ1) is 25.5. The number of carbonyl (C=O) groups excluding carboxylic acids is 3. The van der Waals surface area contributed by atoms with Gasteiger partial charge in [-0.2, -0.15) is 4.90 Å². The summed E-state index contributed by atoms with van der Waals surface area (Å²) >= 11 is 0. The molecule has 7 nitrogen and oxygen atoms in total. The number of hydrogen-bond acceptors (Lipinski definition) is 6. The summed E-state index contributed by atoms with van der Waals surface area (Å²) in [7, 11) is 0. The summed E-state index contributed by atoms with van der Waals surface area (Å²) in [4.78, 5) is 40.3. The molecule has 1 aromatic rings. The Morgan fingerprint density at radius 3 is 1.67 bits per heavy atom.